The highest BCUT2D eigenvalue weighted by atomic mass is 32.1. The van der Waals surface area contributed by atoms with Crippen LogP contribution in [0.3, 0.4) is 0 Å². The molecule has 0 saturated heterocycles. The topological polar surface area (TPSA) is 96.9 Å². The molecular formula is C21H23N3O4S. The van der Waals surface area contributed by atoms with Crippen molar-refractivity contribution in [3.05, 3.63) is 51.4 Å². The number of esters is 1. The molecule has 29 heavy (non-hydrogen) atoms. The Bertz CT molecular complexity index is 948. The van der Waals surface area contributed by atoms with Crippen molar-refractivity contribution in [2.24, 2.45) is 5.10 Å². The Morgan fingerprint density at radius 3 is 2.59 bits per heavy atom. The molecule has 0 bridgehead atoms. The number of hydrazone groups is 1. The number of benzene rings is 1. The monoisotopic (exact) mass is 413 g/mol. The fourth-order valence-electron chi connectivity index (χ4n) is 3.13. The van der Waals surface area contributed by atoms with Gasteiger partial charge in [0.05, 0.1) is 18.4 Å². The van der Waals surface area contributed by atoms with Gasteiger partial charge in [0.1, 0.15) is 5.00 Å². The Balaban J connectivity index is 1.64. The second kappa shape index (κ2) is 9.47. The smallest absolute Gasteiger partial charge is 0.341 e. The lowest BCUT2D eigenvalue weighted by Gasteiger charge is -2.07. The molecule has 8 heteroatoms. The zero-order valence-electron chi connectivity index (χ0n) is 16.4. The van der Waals surface area contributed by atoms with Gasteiger partial charge in [-0.1, -0.05) is 31.2 Å². The summed E-state index contributed by atoms with van der Waals surface area (Å²) in [6, 6.07) is 7.71. The first-order chi connectivity index (χ1) is 14.0. The van der Waals surface area contributed by atoms with E-state index in [1.54, 1.807) is 6.92 Å². The molecule has 0 atom stereocenters. The van der Waals surface area contributed by atoms with E-state index in [-0.39, 0.29) is 6.61 Å². The van der Waals surface area contributed by atoms with E-state index in [1.807, 2.05) is 24.3 Å². The Morgan fingerprint density at radius 1 is 1.14 bits per heavy atom. The van der Waals surface area contributed by atoms with E-state index in [0.29, 0.717) is 10.6 Å². The van der Waals surface area contributed by atoms with Crippen molar-refractivity contribution < 1.29 is 19.1 Å². The number of thiophene rings is 1. The zero-order chi connectivity index (χ0) is 20.8. The molecule has 3 rings (SSSR count). The van der Waals surface area contributed by atoms with Crippen LogP contribution in [0.25, 0.3) is 0 Å². The Kier molecular flexibility index (Phi) is 6.77. The summed E-state index contributed by atoms with van der Waals surface area (Å²) in [5.41, 5.74) is 5.50. The van der Waals surface area contributed by atoms with Crippen LogP contribution in [-0.4, -0.2) is 30.6 Å². The summed E-state index contributed by atoms with van der Waals surface area (Å²) in [7, 11) is 0. The van der Waals surface area contributed by atoms with Crippen molar-refractivity contribution >= 4 is 40.3 Å². The fraction of sp³-hybridized carbons (Fsp3) is 0.333. The molecule has 2 N–H and O–H groups in total. The van der Waals surface area contributed by atoms with E-state index in [2.05, 4.69) is 22.8 Å². The predicted molar refractivity (Wildman–Crippen MR) is 112 cm³/mol. The van der Waals surface area contributed by atoms with Gasteiger partial charge in [0.2, 0.25) is 0 Å². The Labute approximate surface area is 173 Å². The zero-order valence-corrected chi connectivity index (χ0v) is 17.2. The molecule has 152 valence electrons. The van der Waals surface area contributed by atoms with Crippen LogP contribution < -0.4 is 10.7 Å². The first-order valence-corrected chi connectivity index (χ1v) is 10.4. The Morgan fingerprint density at radius 2 is 1.90 bits per heavy atom. The molecule has 1 aromatic carbocycles. The maximum atomic E-state index is 12.3. The molecule has 1 aromatic heterocycles. The minimum atomic E-state index is -0.908. The third-order valence-electron chi connectivity index (χ3n) is 4.60. The van der Waals surface area contributed by atoms with Crippen molar-refractivity contribution in [2.75, 3.05) is 11.9 Å². The average molecular weight is 413 g/mol. The average Bonchev–Trinajstić information content (AvgIpc) is 3.29. The largest absolute Gasteiger partial charge is 0.462 e. The van der Waals surface area contributed by atoms with E-state index in [1.165, 1.54) is 23.1 Å². The van der Waals surface area contributed by atoms with Crippen LogP contribution in [0.15, 0.2) is 29.4 Å². The summed E-state index contributed by atoms with van der Waals surface area (Å²) in [4.78, 5) is 37.7. The van der Waals surface area contributed by atoms with E-state index in [4.69, 9.17) is 4.74 Å². The van der Waals surface area contributed by atoms with Crippen LogP contribution in [0.1, 0.15) is 52.2 Å². The molecule has 1 aliphatic carbocycles. The minimum absolute atomic E-state index is 0.241. The molecule has 0 radical (unpaired) electrons. The van der Waals surface area contributed by atoms with Gasteiger partial charge in [-0.15, -0.1) is 11.3 Å². The summed E-state index contributed by atoms with van der Waals surface area (Å²) in [6.45, 7) is 4.03. The standard InChI is InChI=1S/C21H23N3O4S/c1-3-13-8-10-14(11-9-13)12-22-24-19(26)18(25)23-20-17(21(27)28-4-2)15-6-5-7-16(15)29-20/h8-12H,3-7H2,1-2H3,(H,23,25)(H,24,26). The number of hydrogen-bond donors (Lipinski definition) is 2. The van der Waals surface area contributed by atoms with Crippen LogP contribution in [0.2, 0.25) is 0 Å². The number of fused-ring (bicyclic) bond motifs is 1. The van der Waals surface area contributed by atoms with Gasteiger partial charge in [-0.05, 0) is 49.3 Å². The lowest BCUT2D eigenvalue weighted by atomic mass is 10.1. The number of aryl methyl sites for hydroxylation is 2. The second-order valence-electron chi connectivity index (χ2n) is 6.53. The van der Waals surface area contributed by atoms with Gasteiger partial charge < -0.3 is 10.1 Å². The van der Waals surface area contributed by atoms with E-state index in [0.717, 1.165) is 41.7 Å². The number of ether oxygens (including phenoxy) is 1. The number of carbonyl (C=O) groups excluding carboxylic acids is 3. The lowest BCUT2D eigenvalue weighted by Crippen LogP contribution is -2.32. The number of hydrogen-bond acceptors (Lipinski definition) is 6. The third-order valence-corrected chi connectivity index (χ3v) is 5.81. The van der Waals surface area contributed by atoms with Gasteiger partial charge in [-0.2, -0.15) is 5.10 Å². The molecular weight excluding hydrogens is 390 g/mol. The first kappa shape index (κ1) is 20.7. The van der Waals surface area contributed by atoms with Crippen molar-refractivity contribution in [3.8, 4) is 0 Å². The van der Waals surface area contributed by atoms with Crippen LogP contribution in [0.4, 0.5) is 5.00 Å². The molecule has 0 unspecified atom stereocenters. The van der Waals surface area contributed by atoms with Gasteiger partial charge in [0, 0.05) is 4.88 Å². The van der Waals surface area contributed by atoms with E-state index in [9.17, 15) is 14.4 Å². The first-order valence-electron chi connectivity index (χ1n) is 9.58. The second-order valence-corrected chi connectivity index (χ2v) is 7.64. The van der Waals surface area contributed by atoms with E-state index >= 15 is 0 Å². The highest BCUT2D eigenvalue weighted by molar-refractivity contribution is 7.17. The van der Waals surface area contributed by atoms with Gasteiger partial charge in [0.15, 0.2) is 0 Å². The number of nitrogens with zero attached hydrogens (tertiary/aromatic N) is 1. The van der Waals surface area contributed by atoms with Gasteiger partial charge in [-0.25, -0.2) is 10.2 Å². The SMILES string of the molecule is CCOC(=O)c1c(NC(=O)C(=O)NN=Cc2ccc(CC)cc2)sc2c1CCC2. The molecule has 7 nitrogen and oxygen atoms in total. The number of amides is 2. The normalized spacial score (nSPS) is 12.6. The number of rotatable bonds is 6. The third kappa shape index (κ3) is 4.89. The molecule has 0 aliphatic heterocycles. The predicted octanol–water partition coefficient (Wildman–Crippen LogP) is 3.06. The summed E-state index contributed by atoms with van der Waals surface area (Å²) < 4.78 is 5.12. The van der Waals surface area contributed by atoms with Gasteiger partial charge >= 0.3 is 17.8 Å². The Hall–Kier alpha value is -3.00. The summed E-state index contributed by atoms with van der Waals surface area (Å²) in [5.74, 6) is -2.26. The van der Waals surface area contributed by atoms with Crippen LogP contribution in [0.5, 0.6) is 0 Å². The molecule has 0 spiro atoms. The summed E-state index contributed by atoms with van der Waals surface area (Å²) in [5, 5.41) is 6.71. The maximum absolute atomic E-state index is 12.3. The number of nitrogens with one attached hydrogen (secondary N) is 2. The van der Waals surface area contributed by atoms with Gasteiger partial charge in [-0.3, -0.25) is 9.59 Å². The van der Waals surface area contributed by atoms with E-state index < -0.39 is 17.8 Å². The molecule has 1 aliphatic rings. The number of carbonyl (C=O) groups is 3. The summed E-state index contributed by atoms with van der Waals surface area (Å²) >= 11 is 1.32. The number of anilines is 1. The fourth-order valence-corrected chi connectivity index (χ4v) is 4.40. The van der Waals surface area contributed by atoms with Gasteiger partial charge in [0.25, 0.3) is 0 Å². The van der Waals surface area contributed by atoms with Crippen LogP contribution in [0, 0.1) is 0 Å². The maximum Gasteiger partial charge on any atom is 0.341 e. The molecule has 2 amide bonds. The highest BCUT2D eigenvalue weighted by Crippen LogP contribution is 2.39. The van der Waals surface area contributed by atoms with Crippen molar-refractivity contribution in [1.82, 2.24) is 5.43 Å². The van der Waals surface area contributed by atoms with Crippen molar-refractivity contribution in [2.45, 2.75) is 39.5 Å². The minimum Gasteiger partial charge on any atom is -0.462 e. The molecule has 0 saturated carbocycles. The molecule has 1 heterocycles. The van der Waals surface area contributed by atoms with Crippen LogP contribution in [-0.2, 0) is 33.6 Å². The van der Waals surface area contributed by atoms with Crippen LogP contribution >= 0.6 is 11.3 Å². The van der Waals surface area contributed by atoms with Crippen molar-refractivity contribution in [1.29, 1.82) is 0 Å². The van der Waals surface area contributed by atoms with Crippen molar-refractivity contribution in [3.63, 3.8) is 0 Å². The highest BCUT2D eigenvalue weighted by Gasteiger charge is 2.29. The quantitative estimate of drug-likeness (QED) is 0.329. The molecule has 0 fully saturated rings. The summed E-state index contributed by atoms with van der Waals surface area (Å²) in [6.07, 6.45) is 5.00. The molecule has 2 aromatic rings. The lowest BCUT2D eigenvalue weighted by molar-refractivity contribution is -0.136.